The van der Waals surface area contributed by atoms with E-state index >= 15 is 0 Å². The normalized spacial score (nSPS) is 14.7. The second-order valence-corrected chi connectivity index (χ2v) is 3.79. The average molecular weight is 206 g/mol. The van der Waals surface area contributed by atoms with Crippen molar-refractivity contribution in [1.29, 1.82) is 0 Å². The van der Waals surface area contributed by atoms with Crippen molar-refractivity contribution < 1.29 is 9.53 Å². The van der Waals surface area contributed by atoms with E-state index in [0.29, 0.717) is 23.9 Å². The van der Waals surface area contributed by atoms with E-state index in [2.05, 4.69) is 5.32 Å². The number of benzene rings is 1. The van der Waals surface area contributed by atoms with Crippen LogP contribution in [0.3, 0.4) is 0 Å². The van der Waals surface area contributed by atoms with Gasteiger partial charge in [0, 0.05) is 11.4 Å². The zero-order valence-electron chi connectivity index (χ0n) is 8.40. The van der Waals surface area contributed by atoms with Crippen molar-refractivity contribution in [3.8, 4) is 0 Å². The number of hydrogen-bond acceptors (Lipinski definition) is 3. The van der Waals surface area contributed by atoms with Gasteiger partial charge in [0.1, 0.15) is 0 Å². The Morgan fingerprint density at radius 3 is 3.00 bits per heavy atom. The third-order valence-electron chi connectivity index (χ3n) is 2.28. The quantitative estimate of drug-likeness (QED) is 0.745. The van der Waals surface area contributed by atoms with Gasteiger partial charge in [0.05, 0.1) is 6.61 Å². The number of anilines is 2. The van der Waals surface area contributed by atoms with Gasteiger partial charge in [0.25, 0.3) is 0 Å². The van der Waals surface area contributed by atoms with Gasteiger partial charge in [-0.3, -0.25) is 5.32 Å². The topological polar surface area (TPSA) is 64.3 Å². The van der Waals surface area contributed by atoms with Gasteiger partial charge in [-0.2, -0.15) is 0 Å². The second kappa shape index (κ2) is 4.21. The van der Waals surface area contributed by atoms with Crippen molar-refractivity contribution in [2.45, 2.75) is 12.8 Å². The van der Waals surface area contributed by atoms with E-state index in [1.807, 2.05) is 0 Å². The van der Waals surface area contributed by atoms with Crippen molar-refractivity contribution >= 4 is 17.5 Å². The van der Waals surface area contributed by atoms with Crippen molar-refractivity contribution in [3.63, 3.8) is 0 Å². The second-order valence-electron chi connectivity index (χ2n) is 3.79. The minimum atomic E-state index is -0.410. The molecule has 1 aliphatic rings. The van der Waals surface area contributed by atoms with Gasteiger partial charge >= 0.3 is 6.09 Å². The molecule has 1 aromatic rings. The Balaban J connectivity index is 1.81. The first-order chi connectivity index (χ1) is 7.24. The molecule has 1 fully saturated rings. The molecular formula is C11H14N2O2. The molecule has 1 saturated carbocycles. The summed E-state index contributed by atoms with van der Waals surface area (Å²) in [5.74, 6) is 0.580. The largest absolute Gasteiger partial charge is 0.449 e. The first-order valence-corrected chi connectivity index (χ1v) is 5.03. The first-order valence-electron chi connectivity index (χ1n) is 5.03. The Kier molecular flexibility index (Phi) is 2.76. The van der Waals surface area contributed by atoms with Crippen molar-refractivity contribution in [3.05, 3.63) is 24.3 Å². The third kappa shape index (κ3) is 3.16. The maximum Gasteiger partial charge on any atom is 0.411 e. The van der Waals surface area contributed by atoms with Crippen LogP contribution in [0.4, 0.5) is 16.2 Å². The van der Waals surface area contributed by atoms with Crippen LogP contribution >= 0.6 is 0 Å². The summed E-state index contributed by atoms with van der Waals surface area (Å²) in [7, 11) is 0. The lowest BCUT2D eigenvalue weighted by atomic mass is 10.3. The van der Waals surface area contributed by atoms with Gasteiger partial charge in [-0.15, -0.1) is 0 Å². The molecule has 0 radical (unpaired) electrons. The summed E-state index contributed by atoms with van der Waals surface area (Å²) < 4.78 is 5.02. The van der Waals surface area contributed by atoms with Crippen LogP contribution in [0.1, 0.15) is 12.8 Å². The molecule has 4 nitrogen and oxygen atoms in total. The number of rotatable bonds is 3. The number of nitrogen functional groups attached to an aromatic ring is 1. The summed E-state index contributed by atoms with van der Waals surface area (Å²) in [6.07, 6.45) is 1.93. The highest BCUT2D eigenvalue weighted by Crippen LogP contribution is 2.28. The van der Waals surface area contributed by atoms with E-state index in [4.69, 9.17) is 10.5 Å². The van der Waals surface area contributed by atoms with Crippen LogP contribution in [0.2, 0.25) is 0 Å². The first kappa shape index (κ1) is 9.83. The van der Waals surface area contributed by atoms with Crippen LogP contribution in [-0.4, -0.2) is 12.7 Å². The summed E-state index contributed by atoms with van der Waals surface area (Å²) in [6, 6.07) is 7.01. The van der Waals surface area contributed by atoms with Gasteiger partial charge in [-0.1, -0.05) is 6.07 Å². The van der Waals surface area contributed by atoms with E-state index in [0.717, 1.165) is 0 Å². The van der Waals surface area contributed by atoms with Crippen LogP contribution in [0.25, 0.3) is 0 Å². The highest BCUT2D eigenvalue weighted by Gasteiger charge is 2.22. The molecular weight excluding hydrogens is 192 g/mol. The van der Waals surface area contributed by atoms with Gasteiger partial charge in [-0.05, 0) is 37.0 Å². The van der Waals surface area contributed by atoms with Crippen LogP contribution in [0.15, 0.2) is 24.3 Å². The lowest BCUT2D eigenvalue weighted by molar-refractivity contribution is 0.156. The summed E-state index contributed by atoms with van der Waals surface area (Å²) >= 11 is 0. The van der Waals surface area contributed by atoms with Crippen molar-refractivity contribution in [2.24, 2.45) is 5.92 Å². The summed E-state index contributed by atoms with van der Waals surface area (Å²) in [6.45, 7) is 0.522. The maximum absolute atomic E-state index is 11.3. The van der Waals surface area contributed by atoms with Crippen molar-refractivity contribution in [1.82, 2.24) is 0 Å². The van der Waals surface area contributed by atoms with Crippen LogP contribution < -0.4 is 11.1 Å². The van der Waals surface area contributed by atoms with Crippen LogP contribution in [0, 0.1) is 5.92 Å². The number of hydrogen-bond donors (Lipinski definition) is 2. The van der Waals surface area contributed by atoms with E-state index in [1.165, 1.54) is 12.8 Å². The third-order valence-corrected chi connectivity index (χ3v) is 2.28. The molecule has 0 bridgehead atoms. The Morgan fingerprint density at radius 2 is 2.33 bits per heavy atom. The Labute approximate surface area is 88.4 Å². The smallest absolute Gasteiger partial charge is 0.411 e. The number of amides is 1. The van der Waals surface area contributed by atoms with Gasteiger partial charge < -0.3 is 10.5 Å². The van der Waals surface area contributed by atoms with Gasteiger partial charge in [0.15, 0.2) is 0 Å². The van der Waals surface area contributed by atoms with Crippen LogP contribution in [-0.2, 0) is 4.74 Å². The molecule has 1 aliphatic carbocycles. The van der Waals surface area contributed by atoms with Gasteiger partial charge in [-0.25, -0.2) is 4.79 Å². The highest BCUT2D eigenvalue weighted by molar-refractivity contribution is 5.85. The summed E-state index contributed by atoms with van der Waals surface area (Å²) in [4.78, 5) is 11.3. The van der Waals surface area contributed by atoms with E-state index in [-0.39, 0.29) is 0 Å². The molecule has 1 aromatic carbocycles. The highest BCUT2D eigenvalue weighted by atomic mass is 16.5. The van der Waals surface area contributed by atoms with Crippen LogP contribution in [0.5, 0.6) is 0 Å². The number of carbonyl (C=O) groups excluding carboxylic acids is 1. The molecule has 4 heteroatoms. The fourth-order valence-electron chi connectivity index (χ4n) is 1.25. The standard InChI is InChI=1S/C11H14N2O2/c12-9-2-1-3-10(6-9)13-11(14)15-7-8-4-5-8/h1-3,6,8H,4-5,7,12H2,(H,13,14). The van der Waals surface area contributed by atoms with E-state index in [1.54, 1.807) is 24.3 Å². The molecule has 0 heterocycles. The van der Waals surface area contributed by atoms with Crippen molar-refractivity contribution in [2.75, 3.05) is 17.7 Å². The fraction of sp³-hybridized carbons (Fsp3) is 0.364. The Bertz CT molecular complexity index is 361. The molecule has 0 saturated heterocycles. The molecule has 0 unspecified atom stereocenters. The maximum atomic E-state index is 11.3. The zero-order valence-corrected chi connectivity index (χ0v) is 8.40. The molecule has 0 spiro atoms. The fourth-order valence-corrected chi connectivity index (χ4v) is 1.25. The van der Waals surface area contributed by atoms with Gasteiger partial charge in [0.2, 0.25) is 0 Å². The minimum Gasteiger partial charge on any atom is -0.449 e. The number of carbonyl (C=O) groups is 1. The molecule has 0 atom stereocenters. The molecule has 3 N–H and O–H groups in total. The average Bonchev–Trinajstić information content (AvgIpc) is 2.98. The number of nitrogens with two attached hydrogens (primary N) is 1. The number of nitrogens with one attached hydrogen (secondary N) is 1. The molecule has 0 aromatic heterocycles. The molecule has 2 rings (SSSR count). The van der Waals surface area contributed by atoms with E-state index in [9.17, 15) is 4.79 Å². The zero-order chi connectivity index (χ0) is 10.7. The summed E-state index contributed by atoms with van der Waals surface area (Å²) in [5, 5.41) is 2.62. The number of ether oxygens (including phenoxy) is 1. The Hall–Kier alpha value is -1.71. The molecule has 15 heavy (non-hydrogen) atoms. The lowest BCUT2D eigenvalue weighted by Gasteiger charge is -2.06. The predicted molar refractivity (Wildman–Crippen MR) is 58.5 cm³/mol. The van der Waals surface area contributed by atoms with E-state index < -0.39 is 6.09 Å². The Morgan fingerprint density at radius 1 is 1.53 bits per heavy atom. The minimum absolute atomic E-state index is 0.410. The molecule has 0 aliphatic heterocycles. The lowest BCUT2D eigenvalue weighted by Crippen LogP contribution is -2.15. The molecule has 1 amide bonds. The predicted octanol–water partition coefficient (Wildman–Crippen LogP) is 2.23. The monoisotopic (exact) mass is 206 g/mol. The SMILES string of the molecule is Nc1cccc(NC(=O)OCC2CC2)c1. The summed E-state index contributed by atoms with van der Waals surface area (Å²) in [5.41, 5.74) is 6.86. The molecule has 80 valence electrons.